The minimum absolute atomic E-state index is 0.200. The Morgan fingerprint density at radius 1 is 1.41 bits per heavy atom. The minimum atomic E-state index is -2.87. The highest BCUT2D eigenvalue weighted by Gasteiger charge is 2.08. The van der Waals surface area contributed by atoms with E-state index in [1.54, 1.807) is 25.1 Å². The Hall–Kier alpha value is -0.390. The van der Waals surface area contributed by atoms with Gasteiger partial charge in [0.25, 0.3) is 0 Å². The smallest absolute Gasteiger partial charge is 0.150 e. The van der Waals surface area contributed by atoms with E-state index < -0.39 is 9.84 Å². The van der Waals surface area contributed by atoms with E-state index in [9.17, 15) is 8.42 Å². The van der Waals surface area contributed by atoms with Crippen LogP contribution in [0.5, 0.6) is 0 Å². The summed E-state index contributed by atoms with van der Waals surface area (Å²) in [7, 11) is -2.87. The molecule has 0 amide bonds. The number of benzene rings is 1. The minimum Gasteiger partial charge on any atom is -0.398 e. The second kappa shape index (κ2) is 6.52. The number of hydrogen-bond acceptors (Lipinski definition) is 4. The molecule has 0 fully saturated rings. The molecular formula is C11H16ClNO2S2. The van der Waals surface area contributed by atoms with E-state index in [-0.39, 0.29) is 11.5 Å². The van der Waals surface area contributed by atoms with Gasteiger partial charge in [0.1, 0.15) is 9.84 Å². The summed E-state index contributed by atoms with van der Waals surface area (Å²) < 4.78 is 22.6. The quantitative estimate of drug-likeness (QED) is 0.498. The van der Waals surface area contributed by atoms with Gasteiger partial charge < -0.3 is 5.73 Å². The van der Waals surface area contributed by atoms with E-state index >= 15 is 0 Å². The molecule has 0 aliphatic rings. The van der Waals surface area contributed by atoms with Crippen molar-refractivity contribution in [3.05, 3.63) is 23.2 Å². The lowest BCUT2D eigenvalue weighted by Crippen LogP contribution is -2.09. The lowest BCUT2D eigenvalue weighted by Gasteiger charge is -2.07. The predicted molar refractivity (Wildman–Crippen MR) is 75.5 cm³/mol. The standard InChI is InChI=1S/C11H16ClNO2S2/c1-2-17(14,15)8-4-7-16-11-9(12)5-3-6-10(11)13/h3,5-6H,2,4,7-8,13H2,1H3. The number of rotatable bonds is 6. The molecule has 6 heteroatoms. The first-order valence-corrected chi connectivity index (χ1v) is 8.52. The molecule has 96 valence electrons. The lowest BCUT2D eigenvalue weighted by molar-refractivity contribution is 0.596. The Labute approximate surface area is 112 Å². The highest BCUT2D eigenvalue weighted by atomic mass is 35.5. The van der Waals surface area contributed by atoms with Crippen LogP contribution in [-0.4, -0.2) is 25.7 Å². The van der Waals surface area contributed by atoms with Crippen molar-refractivity contribution in [2.45, 2.75) is 18.2 Å². The fourth-order valence-corrected chi connectivity index (χ4v) is 3.61. The summed E-state index contributed by atoms with van der Waals surface area (Å²) in [5.74, 6) is 1.12. The van der Waals surface area contributed by atoms with Gasteiger partial charge in [-0.1, -0.05) is 24.6 Å². The number of hydrogen-bond donors (Lipinski definition) is 1. The summed E-state index contributed by atoms with van der Waals surface area (Å²) in [6.07, 6.45) is 0.617. The number of thioether (sulfide) groups is 1. The van der Waals surface area contributed by atoms with E-state index in [1.165, 1.54) is 11.8 Å². The molecule has 0 aliphatic carbocycles. The average molecular weight is 294 g/mol. The summed E-state index contributed by atoms with van der Waals surface area (Å²) in [4.78, 5) is 0.836. The fraction of sp³-hybridized carbons (Fsp3) is 0.455. The van der Waals surface area contributed by atoms with Crippen LogP contribution in [0.2, 0.25) is 5.02 Å². The Kier molecular flexibility index (Phi) is 5.62. The first-order valence-electron chi connectivity index (χ1n) is 5.33. The molecule has 0 saturated carbocycles. The molecule has 0 aliphatic heterocycles. The number of sulfone groups is 1. The molecule has 0 heterocycles. The first kappa shape index (κ1) is 14.7. The van der Waals surface area contributed by atoms with Crippen LogP contribution in [0, 0.1) is 0 Å². The van der Waals surface area contributed by atoms with Gasteiger partial charge in [-0.25, -0.2) is 8.42 Å². The highest BCUT2D eigenvalue weighted by Crippen LogP contribution is 2.32. The Balaban J connectivity index is 2.47. The van der Waals surface area contributed by atoms with Crippen molar-refractivity contribution in [1.29, 1.82) is 0 Å². The van der Waals surface area contributed by atoms with Crippen molar-refractivity contribution in [1.82, 2.24) is 0 Å². The topological polar surface area (TPSA) is 60.2 Å². The van der Waals surface area contributed by atoms with Gasteiger partial charge in [-0.3, -0.25) is 0 Å². The van der Waals surface area contributed by atoms with E-state index in [0.717, 1.165) is 4.90 Å². The van der Waals surface area contributed by atoms with Gasteiger partial charge >= 0.3 is 0 Å². The van der Waals surface area contributed by atoms with Crippen molar-refractivity contribution in [2.24, 2.45) is 0 Å². The zero-order chi connectivity index (χ0) is 12.9. The lowest BCUT2D eigenvalue weighted by atomic mass is 10.3. The molecule has 0 spiro atoms. The molecule has 0 atom stereocenters. The Bertz CT molecular complexity index is 454. The van der Waals surface area contributed by atoms with Gasteiger partial charge in [0.2, 0.25) is 0 Å². The molecule has 1 aromatic rings. The van der Waals surface area contributed by atoms with Crippen LogP contribution in [0.4, 0.5) is 5.69 Å². The summed E-state index contributed by atoms with van der Waals surface area (Å²) in [6.45, 7) is 1.66. The number of nitrogen functional groups attached to an aromatic ring is 1. The summed E-state index contributed by atoms with van der Waals surface area (Å²) >= 11 is 7.51. The van der Waals surface area contributed by atoms with E-state index in [0.29, 0.717) is 22.9 Å². The van der Waals surface area contributed by atoms with Gasteiger partial charge in [-0.2, -0.15) is 0 Å². The van der Waals surface area contributed by atoms with Crippen molar-refractivity contribution >= 4 is 38.9 Å². The van der Waals surface area contributed by atoms with E-state index in [2.05, 4.69) is 0 Å². The second-order valence-electron chi connectivity index (χ2n) is 3.60. The highest BCUT2D eigenvalue weighted by molar-refractivity contribution is 7.99. The van der Waals surface area contributed by atoms with E-state index in [1.807, 2.05) is 0 Å². The monoisotopic (exact) mass is 293 g/mol. The normalized spacial score (nSPS) is 11.6. The van der Waals surface area contributed by atoms with Crippen molar-refractivity contribution in [2.75, 3.05) is 23.0 Å². The van der Waals surface area contributed by atoms with Gasteiger partial charge in [0, 0.05) is 16.3 Å². The summed E-state index contributed by atoms with van der Waals surface area (Å²) in [5.41, 5.74) is 6.43. The molecule has 0 aromatic heterocycles. The molecule has 3 nitrogen and oxygen atoms in total. The van der Waals surface area contributed by atoms with Gasteiger partial charge in [0.05, 0.1) is 10.8 Å². The molecule has 1 aromatic carbocycles. The van der Waals surface area contributed by atoms with Gasteiger partial charge in [-0.05, 0) is 24.3 Å². The van der Waals surface area contributed by atoms with Crippen molar-refractivity contribution in [3.8, 4) is 0 Å². The van der Waals surface area contributed by atoms with Gasteiger partial charge in [0.15, 0.2) is 0 Å². The number of nitrogens with two attached hydrogens (primary N) is 1. The molecule has 17 heavy (non-hydrogen) atoms. The molecular weight excluding hydrogens is 278 g/mol. The summed E-state index contributed by atoms with van der Waals surface area (Å²) in [5, 5.41) is 0.619. The Morgan fingerprint density at radius 2 is 2.12 bits per heavy atom. The first-order chi connectivity index (χ1) is 7.96. The number of halogens is 1. The molecule has 2 N–H and O–H groups in total. The molecule has 1 rings (SSSR count). The van der Waals surface area contributed by atoms with Crippen LogP contribution in [0.3, 0.4) is 0 Å². The van der Waals surface area contributed by atoms with E-state index in [4.69, 9.17) is 17.3 Å². The predicted octanol–water partition coefficient (Wildman–Crippen LogP) is 2.84. The zero-order valence-electron chi connectivity index (χ0n) is 9.65. The molecule has 0 saturated heterocycles. The maximum absolute atomic E-state index is 11.3. The molecule has 0 bridgehead atoms. The third kappa shape index (κ3) is 4.77. The largest absolute Gasteiger partial charge is 0.398 e. The summed E-state index contributed by atoms with van der Waals surface area (Å²) in [6, 6.07) is 5.36. The van der Waals surface area contributed by atoms with Crippen LogP contribution in [0.15, 0.2) is 23.1 Å². The van der Waals surface area contributed by atoms with Crippen molar-refractivity contribution < 1.29 is 8.42 Å². The third-order valence-electron chi connectivity index (χ3n) is 2.28. The SMILES string of the molecule is CCS(=O)(=O)CCCSc1c(N)cccc1Cl. The maximum Gasteiger partial charge on any atom is 0.150 e. The second-order valence-corrected chi connectivity index (χ2v) is 7.58. The van der Waals surface area contributed by atoms with Crippen LogP contribution in [-0.2, 0) is 9.84 Å². The third-order valence-corrected chi connectivity index (χ3v) is 5.74. The van der Waals surface area contributed by atoms with Crippen LogP contribution in [0.25, 0.3) is 0 Å². The van der Waals surface area contributed by atoms with Crippen LogP contribution < -0.4 is 5.73 Å². The van der Waals surface area contributed by atoms with Crippen LogP contribution in [0.1, 0.15) is 13.3 Å². The number of anilines is 1. The van der Waals surface area contributed by atoms with Crippen molar-refractivity contribution in [3.63, 3.8) is 0 Å². The molecule has 0 unspecified atom stereocenters. The van der Waals surface area contributed by atoms with Gasteiger partial charge in [-0.15, -0.1) is 11.8 Å². The average Bonchev–Trinajstić information content (AvgIpc) is 2.27. The molecule has 0 radical (unpaired) electrons. The Morgan fingerprint density at radius 3 is 2.71 bits per heavy atom. The fourth-order valence-electron chi connectivity index (χ4n) is 1.28. The maximum atomic E-state index is 11.3. The van der Waals surface area contributed by atoms with Crippen LogP contribution >= 0.6 is 23.4 Å². The zero-order valence-corrected chi connectivity index (χ0v) is 12.0.